The molecule has 1 aromatic heterocycles. The zero-order chi connectivity index (χ0) is 11.9. The van der Waals surface area contributed by atoms with Gasteiger partial charge in [-0.2, -0.15) is 0 Å². The first-order valence-electron chi connectivity index (χ1n) is 6.92. The number of nitrogens with zero attached hydrogens (tertiary/aromatic N) is 2. The molecule has 1 N–H and O–H groups in total. The fourth-order valence-electron chi connectivity index (χ4n) is 2.73. The number of hydrogen-bond donors (Lipinski definition) is 1. The zero-order valence-corrected chi connectivity index (χ0v) is 10.9. The Morgan fingerprint density at radius 2 is 1.94 bits per heavy atom. The summed E-state index contributed by atoms with van der Waals surface area (Å²) in [7, 11) is 0. The number of imidazole rings is 1. The molecule has 3 heteroatoms. The van der Waals surface area contributed by atoms with Crippen LogP contribution in [0.4, 0.5) is 5.82 Å². The van der Waals surface area contributed by atoms with E-state index in [-0.39, 0.29) is 0 Å². The van der Waals surface area contributed by atoms with Gasteiger partial charge in [0.25, 0.3) is 0 Å². The van der Waals surface area contributed by atoms with Gasteiger partial charge in [-0.15, -0.1) is 0 Å². The molecule has 1 aromatic rings. The summed E-state index contributed by atoms with van der Waals surface area (Å²) < 4.78 is 2.32. The topological polar surface area (TPSA) is 29.9 Å². The van der Waals surface area contributed by atoms with Gasteiger partial charge >= 0.3 is 0 Å². The second-order valence-corrected chi connectivity index (χ2v) is 6.52. The lowest BCUT2D eigenvalue weighted by Gasteiger charge is -2.34. The number of hydrogen-bond acceptors (Lipinski definition) is 2. The maximum absolute atomic E-state index is 4.46. The van der Waals surface area contributed by atoms with Gasteiger partial charge in [0.05, 0.1) is 6.33 Å². The summed E-state index contributed by atoms with van der Waals surface area (Å²) in [5, 5.41) is 3.46. The highest BCUT2D eigenvalue weighted by Crippen LogP contribution is 2.40. The van der Waals surface area contributed by atoms with Crippen LogP contribution in [-0.4, -0.2) is 15.6 Å². The maximum atomic E-state index is 4.46. The standard InChI is InChI=1S/C14H23N3/c1-14(2)7-5-12(6-8-14)17-9-13(15-10-17)16-11-3-4-11/h9-12,16H,3-8H2,1-2H3. The maximum Gasteiger partial charge on any atom is 0.144 e. The van der Waals surface area contributed by atoms with E-state index in [4.69, 9.17) is 0 Å². The van der Waals surface area contributed by atoms with E-state index in [9.17, 15) is 0 Å². The van der Waals surface area contributed by atoms with Crippen molar-refractivity contribution in [2.45, 2.75) is 64.5 Å². The van der Waals surface area contributed by atoms with Crippen molar-refractivity contribution in [3.05, 3.63) is 12.5 Å². The van der Waals surface area contributed by atoms with Gasteiger partial charge in [0, 0.05) is 18.3 Å². The summed E-state index contributed by atoms with van der Waals surface area (Å²) in [6.07, 6.45) is 12.1. The average Bonchev–Trinajstić information content (AvgIpc) is 2.96. The van der Waals surface area contributed by atoms with E-state index in [1.54, 1.807) is 0 Å². The molecule has 2 saturated carbocycles. The van der Waals surface area contributed by atoms with E-state index in [0.717, 1.165) is 5.82 Å². The first-order valence-corrected chi connectivity index (χ1v) is 6.92. The summed E-state index contributed by atoms with van der Waals surface area (Å²) in [5.41, 5.74) is 0.548. The average molecular weight is 233 g/mol. The highest BCUT2D eigenvalue weighted by molar-refractivity contribution is 5.34. The molecule has 3 nitrogen and oxygen atoms in total. The second kappa shape index (κ2) is 4.04. The molecule has 2 aliphatic rings. The third-order valence-corrected chi connectivity index (χ3v) is 4.26. The molecule has 0 atom stereocenters. The molecular weight excluding hydrogens is 210 g/mol. The van der Waals surface area contributed by atoms with Gasteiger partial charge in [-0.25, -0.2) is 4.98 Å². The second-order valence-electron chi connectivity index (χ2n) is 6.52. The Kier molecular flexibility index (Phi) is 2.64. The predicted molar refractivity (Wildman–Crippen MR) is 70.2 cm³/mol. The van der Waals surface area contributed by atoms with Crippen LogP contribution in [0.3, 0.4) is 0 Å². The van der Waals surface area contributed by atoms with E-state index in [1.807, 2.05) is 6.33 Å². The largest absolute Gasteiger partial charge is 0.366 e. The molecule has 0 aliphatic heterocycles. The van der Waals surface area contributed by atoms with E-state index >= 15 is 0 Å². The van der Waals surface area contributed by atoms with Crippen molar-refractivity contribution >= 4 is 5.82 Å². The van der Waals surface area contributed by atoms with Gasteiger partial charge < -0.3 is 9.88 Å². The van der Waals surface area contributed by atoms with Crippen molar-refractivity contribution in [1.82, 2.24) is 9.55 Å². The third-order valence-electron chi connectivity index (χ3n) is 4.26. The van der Waals surface area contributed by atoms with Crippen LogP contribution in [-0.2, 0) is 0 Å². The Balaban J connectivity index is 1.62. The highest BCUT2D eigenvalue weighted by Gasteiger charge is 2.28. The number of rotatable bonds is 3. The Hall–Kier alpha value is -0.990. The Bertz CT molecular complexity index is 380. The molecule has 0 amide bonds. The minimum Gasteiger partial charge on any atom is -0.366 e. The molecule has 0 bridgehead atoms. The molecule has 17 heavy (non-hydrogen) atoms. The van der Waals surface area contributed by atoms with Crippen molar-refractivity contribution in [2.75, 3.05) is 5.32 Å². The van der Waals surface area contributed by atoms with Gasteiger partial charge in [0.1, 0.15) is 5.82 Å². The molecule has 1 heterocycles. The Morgan fingerprint density at radius 3 is 2.59 bits per heavy atom. The Morgan fingerprint density at radius 1 is 1.24 bits per heavy atom. The predicted octanol–water partition coefficient (Wildman–Crippen LogP) is 3.60. The Labute approximate surface area is 104 Å². The van der Waals surface area contributed by atoms with Crippen molar-refractivity contribution in [1.29, 1.82) is 0 Å². The van der Waals surface area contributed by atoms with Gasteiger partial charge in [0.2, 0.25) is 0 Å². The first-order chi connectivity index (χ1) is 8.12. The van der Waals surface area contributed by atoms with Gasteiger partial charge in [-0.3, -0.25) is 0 Å². The molecule has 0 spiro atoms. The minimum atomic E-state index is 0.548. The smallest absolute Gasteiger partial charge is 0.144 e. The fraction of sp³-hybridized carbons (Fsp3) is 0.786. The molecule has 3 rings (SSSR count). The van der Waals surface area contributed by atoms with Crippen LogP contribution in [0.25, 0.3) is 0 Å². The lowest BCUT2D eigenvalue weighted by atomic mass is 9.75. The molecule has 0 unspecified atom stereocenters. The highest BCUT2D eigenvalue weighted by atomic mass is 15.1. The quantitative estimate of drug-likeness (QED) is 0.864. The van der Waals surface area contributed by atoms with Crippen molar-refractivity contribution in [2.24, 2.45) is 5.41 Å². The summed E-state index contributed by atoms with van der Waals surface area (Å²) in [4.78, 5) is 4.46. The van der Waals surface area contributed by atoms with Crippen molar-refractivity contribution in [3.8, 4) is 0 Å². The van der Waals surface area contributed by atoms with Gasteiger partial charge in [-0.1, -0.05) is 13.8 Å². The number of aromatic nitrogens is 2. The summed E-state index contributed by atoms with van der Waals surface area (Å²) >= 11 is 0. The lowest BCUT2D eigenvalue weighted by molar-refractivity contribution is 0.193. The molecule has 94 valence electrons. The molecule has 2 fully saturated rings. The number of anilines is 1. The van der Waals surface area contributed by atoms with Crippen LogP contribution in [0.15, 0.2) is 12.5 Å². The fourth-order valence-corrected chi connectivity index (χ4v) is 2.73. The van der Waals surface area contributed by atoms with E-state index < -0.39 is 0 Å². The van der Waals surface area contributed by atoms with Gasteiger partial charge in [-0.05, 0) is 43.9 Å². The summed E-state index contributed by atoms with van der Waals surface area (Å²) in [6.45, 7) is 4.77. The van der Waals surface area contributed by atoms with Crippen LogP contribution >= 0.6 is 0 Å². The summed E-state index contributed by atoms with van der Waals surface area (Å²) in [5.74, 6) is 1.07. The molecule has 0 saturated heterocycles. The molecule has 0 radical (unpaired) electrons. The first kappa shape index (κ1) is 11.1. The monoisotopic (exact) mass is 233 g/mol. The van der Waals surface area contributed by atoms with Crippen LogP contribution in [0, 0.1) is 5.41 Å². The van der Waals surface area contributed by atoms with E-state index in [0.29, 0.717) is 17.5 Å². The molecule has 2 aliphatic carbocycles. The lowest BCUT2D eigenvalue weighted by Crippen LogP contribution is -2.22. The van der Waals surface area contributed by atoms with E-state index in [1.165, 1.54) is 38.5 Å². The summed E-state index contributed by atoms with van der Waals surface area (Å²) in [6, 6.07) is 1.37. The van der Waals surface area contributed by atoms with Crippen molar-refractivity contribution < 1.29 is 0 Å². The van der Waals surface area contributed by atoms with Crippen molar-refractivity contribution in [3.63, 3.8) is 0 Å². The number of nitrogens with one attached hydrogen (secondary N) is 1. The van der Waals surface area contributed by atoms with E-state index in [2.05, 4.69) is 34.9 Å². The minimum absolute atomic E-state index is 0.548. The van der Waals surface area contributed by atoms with Crippen LogP contribution in [0.5, 0.6) is 0 Å². The normalized spacial score (nSPS) is 24.8. The molecule has 0 aromatic carbocycles. The SMILES string of the molecule is CC1(C)CCC(n2cnc(NC3CC3)c2)CC1. The zero-order valence-electron chi connectivity index (χ0n) is 10.9. The van der Waals surface area contributed by atoms with Crippen LogP contribution < -0.4 is 5.32 Å². The van der Waals surface area contributed by atoms with Crippen LogP contribution in [0.1, 0.15) is 58.4 Å². The van der Waals surface area contributed by atoms with Gasteiger partial charge in [0.15, 0.2) is 0 Å². The van der Waals surface area contributed by atoms with Crippen LogP contribution in [0.2, 0.25) is 0 Å². The third kappa shape index (κ3) is 2.64. The molecular formula is C14H23N3.